The van der Waals surface area contributed by atoms with Gasteiger partial charge in [0.05, 0.1) is 17.6 Å². The summed E-state index contributed by atoms with van der Waals surface area (Å²) in [5, 5.41) is 0. The third-order valence-electron chi connectivity index (χ3n) is 6.74. The predicted octanol–water partition coefficient (Wildman–Crippen LogP) is 3.84. The number of imidazole rings is 1. The molecule has 0 radical (unpaired) electrons. The van der Waals surface area contributed by atoms with Crippen LogP contribution in [0.5, 0.6) is 0 Å². The summed E-state index contributed by atoms with van der Waals surface area (Å²) in [5.41, 5.74) is 2.70. The second-order valence-electron chi connectivity index (χ2n) is 8.82. The number of carbonyl (C=O) groups is 1. The second kappa shape index (κ2) is 7.27. The van der Waals surface area contributed by atoms with Gasteiger partial charge in [-0.05, 0) is 70.2 Å². The van der Waals surface area contributed by atoms with E-state index in [1.807, 2.05) is 11.9 Å². The lowest BCUT2D eigenvalue weighted by Gasteiger charge is -2.41. The summed E-state index contributed by atoms with van der Waals surface area (Å²) >= 11 is 0. The highest BCUT2D eigenvalue weighted by atomic mass is 16.2. The smallest absolute Gasteiger partial charge is 0.222 e. The molecule has 0 atom stereocenters. The number of hydrogen-bond acceptors (Lipinski definition) is 3. The van der Waals surface area contributed by atoms with Crippen molar-refractivity contribution in [1.82, 2.24) is 19.4 Å². The van der Waals surface area contributed by atoms with Crippen LogP contribution in [0.3, 0.4) is 0 Å². The van der Waals surface area contributed by atoms with Crippen LogP contribution in [0.1, 0.15) is 57.8 Å². The first-order chi connectivity index (χ1) is 13.0. The summed E-state index contributed by atoms with van der Waals surface area (Å²) in [6, 6.07) is 8.87. The molecular formula is C22H32N4O. The molecule has 2 aliphatic heterocycles. The summed E-state index contributed by atoms with van der Waals surface area (Å²) < 4.78 is 2.39. The highest BCUT2D eigenvalue weighted by Crippen LogP contribution is 2.41. The van der Waals surface area contributed by atoms with E-state index in [0.717, 1.165) is 51.0 Å². The van der Waals surface area contributed by atoms with Crippen LogP contribution in [0.15, 0.2) is 24.3 Å². The Bertz CT molecular complexity index is 817. The van der Waals surface area contributed by atoms with Crippen molar-refractivity contribution < 1.29 is 4.79 Å². The van der Waals surface area contributed by atoms with Crippen LogP contribution in [0.4, 0.5) is 0 Å². The number of carbonyl (C=O) groups excluding carboxylic acids is 1. The van der Waals surface area contributed by atoms with Crippen LogP contribution in [-0.2, 0) is 11.3 Å². The van der Waals surface area contributed by atoms with Crippen molar-refractivity contribution in [3.63, 3.8) is 0 Å². The van der Waals surface area contributed by atoms with E-state index >= 15 is 0 Å². The van der Waals surface area contributed by atoms with Gasteiger partial charge in [0.1, 0.15) is 5.82 Å². The molecule has 3 heterocycles. The standard InChI is InChI=1S/C22H32N4O/c1-17(2)26-19-7-5-4-6-18(19)23-20(26)16-25-14-11-22(12-15-25)9-8-21(27)24(3)13-10-22/h4-7,17H,8-16H2,1-3H3. The minimum absolute atomic E-state index is 0.319. The molecule has 2 aliphatic rings. The normalized spacial score (nSPS) is 21.3. The number of benzene rings is 1. The Morgan fingerprint density at radius 3 is 2.52 bits per heavy atom. The lowest BCUT2D eigenvalue weighted by Crippen LogP contribution is -2.40. The molecule has 0 bridgehead atoms. The molecule has 4 rings (SSSR count). The van der Waals surface area contributed by atoms with Gasteiger partial charge in [-0.3, -0.25) is 9.69 Å². The second-order valence-corrected chi connectivity index (χ2v) is 8.82. The lowest BCUT2D eigenvalue weighted by molar-refractivity contribution is -0.129. The fraction of sp³-hybridized carbons (Fsp3) is 0.636. The van der Waals surface area contributed by atoms with Gasteiger partial charge in [0.25, 0.3) is 0 Å². The molecule has 2 fully saturated rings. The Kier molecular flexibility index (Phi) is 4.97. The molecule has 146 valence electrons. The molecular weight excluding hydrogens is 336 g/mol. The topological polar surface area (TPSA) is 41.4 Å². The number of hydrogen-bond donors (Lipinski definition) is 0. The Morgan fingerprint density at radius 2 is 1.78 bits per heavy atom. The number of aromatic nitrogens is 2. The van der Waals surface area contributed by atoms with Gasteiger partial charge in [-0.2, -0.15) is 0 Å². The van der Waals surface area contributed by atoms with Gasteiger partial charge in [0.2, 0.25) is 5.91 Å². The molecule has 2 aromatic rings. The Balaban J connectivity index is 1.46. The van der Waals surface area contributed by atoms with Crippen LogP contribution in [0, 0.1) is 5.41 Å². The first-order valence-corrected chi connectivity index (χ1v) is 10.4. The predicted molar refractivity (Wildman–Crippen MR) is 109 cm³/mol. The van der Waals surface area contributed by atoms with Crippen LogP contribution in [-0.4, -0.2) is 51.9 Å². The van der Waals surface area contributed by atoms with Gasteiger partial charge in [-0.15, -0.1) is 0 Å². The number of likely N-dealkylation sites (tertiary alicyclic amines) is 2. The van der Waals surface area contributed by atoms with E-state index in [2.05, 4.69) is 47.6 Å². The maximum absolute atomic E-state index is 12.0. The molecule has 0 saturated carbocycles. The van der Waals surface area contributed by atoms with Crippen molar-refractivity contribution in [3.05, 3.63) is 30.1 Å². The third kappa shape index (κ3) is 3.62. The van der Waals surface area contributed by atoms with E-state index < -0.39 is 0 Å². The Hall–Kier alpha value is -1.88. The minimum atomic E-state index is 0.319. The fourth-order valence-electron chi connectivity index (χ4n) is 4.89. The summed E-state index contributed by atoms with van der Waals surface area (Å²) in [4.78, 5) is 21.5. The van der Waals surface area contributed by atoms with E-state index in [1.165, 1.54) is 24.2 Å². The minimum Gasteiger partial charge on any atom is -0.346 e. The number of nitrogens with zero attached hydrogens (tertiary/aromatic N) is 4. The van der Waals surface area contributed by atoms with Gasteiger partial charge < -0.3 is 9.47 Å². The Labute approximate surface area is 162 Å². The molecule has 27 heavy (non-hydrogen) atoms. The Morgan fingerprint density at radius 1 is 1.07 bits per heavy atom. The van der Waals surface area contributed by atoms with Gasteiger partial charge in [0, 0.05) is 26.1 Å². The summed E-state index contributed by atoms with van der Waals surface area (Å²) in [6.07, 6.45) is 5.35. The highest BCUT2D eigenvalue weighted by Gasteiger charge is 2.37. The molecule has 0 unspecified atom stereocenters. The van der Waals surface area contributed by atoms with Gasteiger partial charge >= 0.3 is 0 Å². The maximum atomic E-state index is 12.0. The first kappa shape index (κ1) is 18.5. The molecule has 0 aliphatic carbocycles. The molecule has 1 aromatic carbocycles. The van der Waals surface area contributed by atoms with Crippen molar-refractivity contribution in [3.8, 4) is 0 Å². The lowest BCUT2D eigenvalue weighted by atomic mass is 9.73. The van der Waals surface area contributed by atoms with E-state index in [1.54, 1.807) is 0 Å². The van der Waals surface area contributed by atoms with Gasteiger partial charge in [0.15, 0.2) is 0 Å². The van der Waals surface area contributed by atoms with Crippen LogP contribution in [0.25, 0.3) is 11.0 Å². The van der Waals surface area contributed by atoms with Gasteiger partial charge in [-0.25, -0.2) is 4.98 Å². The highest BCUT2D eigenvalue weighted by molar-refractivity contribution is 5.76. The van der Waals surface area contributed by atoms with E-state index in [0.29, 0.717) is 17.4 Å². The SMILES string of the molecule is CC(C)n1c(CN2CCC3(CCC(=O)N(C)CC3)CC2)nc2ccccc21. The summed E-state index contributed by atoms with van der Waals surface area (Å²) in [7, 11) is 1.95. The van der Waals surface area contributed by atoms with Crippen LogP contribution < -0.4 is 0 Å². The summed E-state index contributed by atoms with van der Waals surface area (Å²) in [6.45, 7) is 8.53. The van der Waals surface area contributed by atoms with Crippen molar-refractivity contribution in [2.75, 3.05) is 26.7 Å². The number of rotatable bonds is 3. The van der Waals surface area contributed by atoms with Crippen molar-refractivity contribution in [2.45, 2.75) is 58.5 Å². The van der Waals surface area contributed by atoms with Crippen LogP contribution in [0.2, 0.25) is 0 Å². The van der Waals surface area contributed by atoms with E-state index in [4.69, 9.17) is 4.98 Å². The third-order valence-corrected chi connectivity index (χ3v) is 6.74. The van der Waals surface area contributed by atoms with Crippen molar-refractivity contribution in [2.24, 2.45) is 5.41 Å². The molecule has 1 spiro atoms. The fourth-order valence-corrected chi connectivity index (χ4v) is 4.89. The zero-order chi connectivity index (χ0) is 19.0. The van der Waals surface area contributed by atoms with Crippen molar-refractivity contribution in [1.29, 1.82) is 0 Å². The van der Waals surface area contributed by atoms with E-state index in [9.17, 15) is 4.79 Å². The number of fused-ring (bicyclic) bond motifs is 1. The molecule has 1 amide bonds. The molecule has 5 nitrogen and oxygen atoms in total. The molecule has 0 N–H and O–H groups in total. The first-order valence-electron chi connectivity index (χ1n) is 10.4. The largest absolute Gasteiger partial charge is 0.346 e. The summed E-state index contributed by atoms with van der Waals surface area (Å²) in [5.74, 6) is 1.50. The van der Waals surface area contributed by atoms with Crippen LogP contribution >= 0.6 is 0 Å². The maximum Gasteiger partial charge on any atom is 0.222 e. The molecule has 1 aromatic heterocycles. The quantitative estimate of drug-likeness (QED) is 0.826. The number of para-hydroxylation sites is 2. The van der Waals surface area contributed by atoms with Crippen molar-refractivity contribution >= 4 is 16.9 Å². The average molecular weight is 369 g/mol. The molecule has 2 saturated heterocycles. The molecule has 5 heteroatoms. The van der Waals surface area contributed by atoms with E-state index in [-0.39, 0.29) is 0 Å². The number of piperidine rings is 1. The average Bonchev–Trinajstić information content (AvgIpc) is 2.97. The monoisotopic (exact) mass is 368 g/mol. The number of amides is 1. The zero-order valence-corrected chi connectivity index (χ0v) is 16.9. The van der Waals surface area contributed by atoms with Gasteiger partial charge in [-0.1, -0.05) is 12.1 Å². The zero-order valence-electron chi connectivity index (χ0n) is 16.9.